The van der Waals surface area contributed by atoms with Crippen LogP contribution in [0.4, 0.5) is 28.8 Å². The van der Waals surface area contributed by atoms with Crippen LogP contribution in [0.1, 0.15) is 69.5 Å². The van der Waals surface area contributed by atoms with Crippen LogP contribution >= 0.6 is 0 Å². The summed E-state index contributed by atoms with van der Waals surface area (Å²) in [6.07, 6.45) is 7.48. The van der Waals surface area contributed by atoms with Crippen LogP contribution in [0.15, 0.2) is 72.9 Å². The van der Waals surface area contributed by atoms with Gasteiger partial charge in [0.1, 0.15) is 6.04 Å². The van der Waals surface area contributed by atoms with E-state index in [2.05, 4.69) is 93.1 Å². The van der Waals surface area contributed by atoms with Crippen LogP contribution in [-0.4, -0.2) is 91.9 Å². The monoisotopic (exact) mass is 778 g/mol. The molecule has 14 nitrogen and oxygen atoms in total. The lowest BCUT2D eigenvalue weighted by molar-refractivity contribution is -0.136. The third-order valence-corrected chi connectivity index (χ3v) is 12.0. The van der Waals surface area contributed by atoms with Crippen molar-refractivity contribution in [3.05, 3.63) is 101 Å². The molecule has 2 aromatic heterocycles. The number of aromatic nitrogens is 4. The molecule has 3 aromatic carbocycles. The second-order valence-corrected chi connectivity index (χ2v) is 15.8. The molecule has 5 aromatic rings. The predicted molar refractivity (Wildman–Crippen MR) is 222 cm³/mol. The quantitative estimate of drug-likeness (QED) is 0.154. The number of rotatable bonds is 9. The van der Waals surface area contributed by atoms with Crippen molar-refractivity contribution in [1.82, 2.24) is 34.9 Å². The van der Waals surface area contributed by atoms with Crippen LogP contribution in [0.25, 0.3) is 16.6 Å². The van der Waals surface area contributed by atoms with Crippen LogP contribution in [0.3, 0.4) is 0 Å². The number of fused-ring (bicyclic) bond motifs is 2. The van der Waals surface area contributed by atoms with Crippen molar-refractivity contribution in [2.75, 3.05) is 48.3 Å². The molecule has 0 spiro atoms. The number of hydrogen-bond acceptors (Lipinski definition) is 11. The van der Waals surface area contributed by atoms with Crippen molar-refractivity contribution in [1.29, 1.82) is 0 Å². The average Bonchev–Trinajstić information content (AvgIpc) is 3.67. The Labute approximate surface area is 336 Å². The fourth-order valence-corrected chi connectivity index (χ4v) is 8.75. The Balaban J connectivity index is 0.766. The highest BCUT2D eigenvalue weighted by molar-refractivity contribution is 6.23. The lowest BCUT2D eigenvalue weighted by Gasteiger charge is -2.37. The maximum absolute atomic E-state index is 13.3. The normalized spacial score (nSPS) is 19.1. The summed E-state index contributed by atoms with van der Waals surface area (Å²) < 4.78 is 1.77. The highest BCUT2D eigenvalue weighted by Crippen LogP contribution is 2.34. The summed E-state index contributed by atoms with van der Waals surface area (Å²) in [5, 5.41) is 14.6. The highest BCUT2D eigenvalue weighted by Gasteiger charge is 2.45. The van der Waals surface area contributed by atoms with Gasteiger partial charge in [-0.1, -0.05) is 36.4 Å². The van der Waals surface area contributed by atoms with Crippen molar-refractivity contribution in [2.45, 2.75) is 52.0 Å². The van der Waals surface area contributed by atoms with E-state index in [-0.39, 0.29) is 18.7 Å². The van der Waals surface area contributed by atoms with E-state index in [0.29, 0.717) is 23.0 Å². The summed E-state index contributed by atoms with van der Waals surface area (Å²) in [6.45, 7) is 8.86. The molecule has 0 radical (unpaired) electrons. The van der Waals surface area contributed by atoms with Gasteiger partial charge in [0.05, 0.1) is 16.5 Å². The molecule has 4 amide bonds. The van der Waals surface area contributed by atoms with E-state index in [1.54, 1.807) is 16.8 Å². The molecule has 2 saturated heterocycles. The third-order valence-electron chi connectivity index (χ3n) is 12.0. The van der Waals surface area contributed by atoms with Gasteiger partial charge < -0.3 is 15.5 Å². The number of benzene rings is 3. The number of piperidine rings is 2. The van der Waals surface area contributed by atoms with E-state index in [1.807, 2.05) is 19.3 Å². The van der Waals surface area contributed by atoms with Gasteiger partial charge in [-0.05, 0) is 98.0 Å². The van der Waals surface area contributed by atoms with Gasteiger partial charge in [0.15, 0.2) is 11.5 Å². The molecule has 6 heterocycles. The van der Waals surface area contributed by atoms with Crippen LogP contribution in [0, 0.1) is 19.8 Å². The number of amides is 4. The highest BCUT2D eigenvalue weighted by atomic mass is 16.2. The molecular formula is C44H46N10O4. The van der Waals surface area contributed by atoms with Crippen molar-refractivity contribution < 1.29 is 19.2 Å². The number of carbonyl (C=O) groups is 4. The van der Waals surface area contributed by atoms with Gasteiger partial charge in [-0.25, -0.2) is 9.67 Å². The summed E-state index contributed by atoms with van der Waals surface area (Å²) in [7, 11) is 1.89. The standard InChI is InChI=1S/C44H46N10O4/c1-26-5-4-6-27(2)38(26)48-39-35-24-45-44(49-40(35)51(3)50-39)46-31-9-7-29(8-10-31)30-17-19-52(20-18-30)25-28-15-21-53(22-16-28)32-11-12-33-34(23-32)43(58)54(42(33)57)36-13-14-37(55)47-41(36)56/h4-12,17,23-24,28,36H,13-16,18-22,25H2,1-3H3,(H,48,50)(H,45,46,49)(H,47,55,56). The Hall–Kier alpha value is -6.41. The molecule has 296 valence electrons. The lowest BCUT2D eigenvalue weighted by atomic mass is 9.94. The Morgan fingerprint density at radius 2 is 1.60 bits per heavy atom. The molecule has 14 heteroatoms. The fourth-order valence-electron chi connectivity index (χ4n) is 8.75. The molecule has 1 atom stereocenters. The molecule has 4 aliphatic rings. The molecule has 0 aliphatic carbocycles. The molecule has 9 rings (SSSR count). The predicted octanol–water partition coefficient (Wildman–Crippen LogP) is 5.87. The van der Waals surface area contributed by atoms with Gasteiger partial charge in [-0.2, -0.15) is 10.1 Å². The molecule has 3 N–H and O–H groups in total. The number of nitrogens with zero attached hydrogens (tertiary/aromatic N) is 7. The van der Waals surface area contributed by atoms with Gasteiger partial charge >= 0.3 is 0 Å². The van der Waals surface area contributed by atoms with E-state index in [9.17, 15) is 19.2 Å². The first-order valence-electron chi connectivity index (χ1n) is 20.0. The second-order valence-electron chi connectivity index (χ2n) is 15.8. The summed E-state index contributed by atoms with van der Waals surface area (Å²) in [6, 6.07) is 19.1. The SMILES string of the molecule is Cc1cccc(C)c1Nc1nn(C)c2nc(Nc3ccc(C4=CCN(CC5CCN(c6ccc7c(c6)C(=O)N(C6CCC(=O)NC6=O)C7=O)CC5)CC4)cc3)ncc12. The summed E-state index contributed by atoms with van der Waals surface area (Å²) in [5.74, 6) is -0.116. The van der Waals surface area contributed by atoms with Crippen LogP contribution < -0.4 is 20.9 Å². The van der Waals surface area contributed by atoms with Gasteiger partial charge in [0.2, 0.25) is 17.8 Å². The van der Waals surface area contributed by atoms with Gasteiger partial charge in [-0.3, -0.25) is 34.3 Å². The molecule has 2 fully saturated rings. The molecular weight excluding hydrogens is 733 g/mol. The second kappa shape index (κ2) is 15.2. The third kappa shape index (κ3) is 7.08. The zero-order valence-corrected chi connectivity index (χ0v) is 32.9. The molecule has 1 unspecified atom stereocenters. The Morgan fingerprint density at radius 1 is 0.845 bits per heavy atom. The summed E-state index contributed by atoms with van der Waals surface area (Å²) in [4.78, 5) is 65.8. The summed E-state index contributed by atoms with van der Waals surface area (Å²) >= 11 is 0. The molecule has 0 saturated carbocycles. The molecule has 0 bridgehead atoms. The van der Waals surface area contributed by atoms with Crippen molar-refractivity contribution in [2.24, 2.45) is 13.0 Å². The van der Waals surface area contributed by atoms with E-state index >= 15 is 0 Å². The van der Waals surface area contributed by atoms with Crippen LogP contribution in [0.5, 0.6) is 0 Å². The Kier molecular flexibility index (Phi) is 9.72. The molecule has 4 aliphatic heterocycles. The Bertz CT molecular complexity index is 2480. The van der Waals surface area contributed by atoms with Crippen molar-refractivity contribution >= 4 is 69.1 Å². The van der Waals surface area contributed by atoms with Crippen molar-refractivity contribution in [3.63, 3.8) is 0 Å². The lowest BCUT2D eigenvalue weighted by Crippen LogP contribution is -2.54. The topological polar surface area (TPSA) is 158 Å². The fraction of sp³-hybridized carbons (Fsp3) is 0.341. The van der Waals surface area contributed by atoms with Gasteiger partial charge in [0.25, 0.3) is 11.8 Å². The minimum Gasteiger partial charge on any atom is -0.371 e. The van der Waals surface area contributed by atoms with Crippen LogP contribution in [-0.2, 0) is 16.6 Å². The van der Waals surface area contributed by atoms with Gasteiger partial charge in [0, 0.05) is 69.5 Å². The maximum Gasteiger partial charge on any atom is 0.262 e. The number of nitrogens with one attached hydrogen (secondary N) is 3. The molecule has 58 heavy (non-hydrogen) atoms. The summed E-state index contributed by atoms with van der Waals surface area (Å²) in [5.41, 5.74) is 9.11. The Morgan fingerprint density at radius 3 is 2.33 bits per heavy atom. The largest absolute Gasteiger partial charge is 0.371 e. The van der Waals surface area contributed by atoms with E-state index in [4.69, 9.17) is 10.1 Å². The number of carbonyl (C=O) groups excluding carboxylic acids is 4. The average molecular weight is 779 g/mol. The number of para-hydroxylation sites is 1. The first-order chi connectivity index (χ1) is 28.1. The first-order valence-corrected chi connectivity index (χ1v) is 20.0. The van der Waals surface area contributed by atoms with E-state index < -0.39 is 23.8 Å². The van der Waals surface area contributed by atoms with Crippen molar-refractivity contribution in [3.8, 4) is 0 Å². The van der Waals surface area contributed by atoms with Crippen LogP contribution in [0.2, 0.25) is 0 Å². The van der Waals surface area contributed by atoms with E-state index in [1.165, 1.54) is 11.1 Å². The minimum atomic E-state index is -0.962. The first kappa shape index (κ1) is 37.2. The smallest absolute Gasteiger partial charge is 0.262 e. The number of hydrogen-bond donors (Lipinski definition) is 3. The number of aryl methyl sites for hydroxylation is 3. The number of imide groups is 2. The van der Waals surface area contributed by atoms with E-state index in [0.717, 1.165) is 102 Å². The zero-order valence-electron chi connectivity index (χ0n) is 32.9. The van der Waals surface area contributed by atoms with Gasteiger partial charge in [-0.15, -0.1) is 0 Å². The number of anilines is 5. The maximum atomic E-state index is 13.3. The minimum absolute atomic E-state index is 0.101. The zero-order chi connectivity index (χ0) is 40.1.